The molecule has 2 heterocycles. The standard InChI is InChI=1S/C10H11N5O4/c1-6-4-15(9(18)12-8(6)17)7-2-3-10(5-16,19-7)13-14-11/h2-4,7,16H,5H2,1H3,(H,12,17,18). The molecule has 0 saturated carbocycles. The number of nitrogens with one attached hydrogen (secondary N) is 1. The van der Waals surface area contributed by atoms with Gasteiger partial charge in [0.25, 0.3) is 5.56 Å². The number of aromatic amines is 1. The van der Waals surface area contributed by atoms with Gasteiger partial charge in [-0.2, -0.15) is 0 Å². The molecule has 2 atom stereocenters. The summed E-state index contributed by atoms with van der Waals surface area (Å²) < 4.78 is 6.50. The molecule has 1 aromatic rings. The Bertz CT molecular complexity index is 684. The van der Waals surface area contributed by atoms with Crippen LogP contribution in [0, 0.1) is 6.92 Å². The zero-order valence-electron chi connectivity index (χ0n) is 9.98. The Hall–Kier alpha value is -2.35. The molecular formula is C10H11N5O4. The van der Waals surface area contributed by atoms with E-state index in [4.69, 9.17) is 10.3 Å². The second kappa shape index (κ2) is 4.73. The first-order valence-corrected chi connectivity index (χ1v) is 5.38. The van der Waals surface area contributed by atoms with Crippen molar-refractivity contribution in [2.45, 2.75) is 18.9 Å². The van der Waals surface area contributed by atoms with Crippen LogP contribution in [0.1, 0.15) is 11.8 Å². The van der Waals surface area contributed by atoms with Gasteiger partial charge >= 0.3 is 5.69 Å². The highest BCUT2D eigenvalue weighted by molar-refractivity contribution is 5.11. The topological polar surface area (TPSA) is 133 Å². The molecule has 2 N–H and O–H groups in total. The number of hydrogen-bond acceptors (Lipinski definition) is 5. The van der Waals surface area contributed by atoms with Gasteiger partial charge in [-0.05, 0) is 24.6 Å². The van der Waals surface area contributed by atoms with Gasteiger partial charge in [-0.1, -0.05) is 5.11 Å². The molecule has 0 bridgehead atoms. The first-order valence-electron chi connectivity index (χ1n) is 5.38. The SMILES string of the molecule is Cc1cn(C2C=CC(CO)(N=[N+]=[N-])O2)c(=O)[nH]c1=O. The van der Waals surface area contributed by atoms with E-state index in [1.54, 1.807) is 6.92 Å². The van der Waals surface area contributed by atoms with Gasteiger partial charge in [0.1, 0.15) is 0 Å². The minimum atomic E-state index is -1.52. The maximum Gasteiger partial charge on any atom is 0.330 e. The fourth-order valence-electron chi connectivity index (χ4n) is 1.70. The molecule has 19 heavy (non-hydrogen) atoms. The smallest absolute Gasteiger partial charge is 0.330 e. The molecular weight excluding hydrogens is 254 g/mol. The number of aromatic nitrogens is 2. The predicted octanol–water partition coefficient (Wildman–Crippen LogP) is -0.0711. The van der Waals surface area contributed by atoms with Crippen LogP contribution in [0.25, 0.3) is 10.4 Å². The summed E-state index contributed by atoms with van der Waals surface area (Å²) in [5.74, 6) is 0. The van der Waals surface area contributed by atoms with Crippen molar-refractivity contribution in [1.29, 1.82) is 0 Å². The van der Waals surface area contributed by atoms with Crippen molar-refractivity contribution in [2.24, 2.45) is 5.11 Å². The lowest BCUT2D eigenvalue weighted by Gasteiger charge is -2.22. The highest BCUT2D eigenvalue weighted by atomic mass is 16.6. The highest BCUT2D eigenvalue weighted by Gasteiger charge is 2.35. The van der Waals surface area contributed by atoms with Crippen LogP contribution in [0.5, 0.6) is 0 Å². The van der Waals surface area contributed by atoms with Gasteiger partial charge in [-0.25, -0.2) is 4.79 Å². The first-order chi connectivity index (χ1) is 9.01. The monoisotopic (exact) mass is 265 g/mol. The average Bonchev–Trinajstić information content (AvgIpc) is 2.79. The molecule has 9 heteroatoms. The Morgan fingerprint density at radius 3 is 3.05 bits per heavy atom. The van der Waals surface area contributed by atoms with E-state index in [0.29, 0.717) is 5.56 Å². The third-order valence-electron chi connectivity index (χ3n) is 2.71. The van der Waals surface area contributed by atoms with Gasteiger partial charge in [0.15, 0.2) is 12.0 Å². The maximum atomic E-state index is 11.7. The van der Waals surface area contributed by atoms with Crippen LogP contribution < -0.4 is 11.2 Å². The molecule has 1 aliphatic rings. The molecule has 0 fully saturated rings. The molecule has 1 aliphatic heterocycles. The van der Waals surface area contributed by atoms with Crippen LogP contribution in [-0.2, 0) is 4.74 Å². The van der Waals surface area contributed by atoms with Crippen molar-refractivity contribution in [3.05, 3.63) is 55.2 Å². The van der Waals surface area contributed by atoms with Crippen molar-refractivity contribution in [2.75, 3.05) is 6.61 Å². The number of aliphatic hydroxyl groups excluding tert-OH is 1. The molecule has 0 aromatic carbocycles. The zero-order chi connectivity index (χ0) is 14.0. The number of rotatable bonds is 3. The molecule has 0 amide bonds. The summed E-state index contributed by atoms with van der Waals surface area (Å²) in [6, 6.07) is 0. The lowest BCUT2D eigenvalue weighted by Crippen LogP contribution is -2.36. The fraction of sp³-hybridized carbons (Fsp3) is 0.400. The summed E-state index contributed by atoms with van der Waals surface area (Å²) in [6.45, 7) is 0.987. The number of ether oxygens (including phenoxy) is 1. The van der Waals surface area contributed by atoms with Crippen molar-refractivity contribution in [3.8, 4) is 0 Å². The number of H-pyrrole nitrogens is 1. The lowest BCUT2D eigenvalue weighted by molar-refractivity contribution is -0.0799. The van der Waals surface area contributed by atoms with Crippen LogP contribution in [0.15, 0.2) is 33.1 Å². The van der Waals surface area contributed by atoms with E-state index >= 15 is 0 Å². The second-order valence-electron chi connectivity index (χ2n) is 4.04. The highest BCUT2D eigenvalue weighted by Crippen LogP contribution is 2.29. The molecule has 2 unspecified atom stereocenters. The normalized spacial score (nSPS) is 25.3. The van der Waals surface area contributed by atoms with E-state index in [0.717, 1.165) is 4.57 Å². The third-order valence-corrected chi connectivity index (χ3v) is 2.71. The summed E-state index contributed by atoms with van der Waals surface area (Å²) in [4.78, 5) is 27.6. The number of azide groups is 1. The maximum absolute atomic E-state index is 11.7. The van der Waals surface area contributed by atoms with Crippen molar-refractivity contribution >= 4 is 0 Å². The average molecular weight is 265 g/mol. The molecule has 9 nitrogen and oxygen atoms in total. The first kappa shape index (κ1) is 13.1. The van der Waals surface area contributed by atoms with E-state index < -0.39 is 29.8 Å². The van der Waals surface area contributed by atoms with Gasteiger partial charge in [0.05, 0.1) is 6.61 Å². The Kier molecular flexibility index (Phi) is 3.26. The molecule has 0 spiro atoms. The summed E-state index contributed by atoms with van der Waals surface area (Å²) in [7, 11) is 0. The molecule has 0 aliphatic carbocycles. The minimum absolute atomic E-state index is 0.335. The van der Waals surface area contributed by atoms with Crippen LogP contribution in [0.3, 0.4) is 0 Å². The van der Waals surface area contributed by atoms with Crippen molar-refractivity contribution in [3.63, 3.8) is 0 Å². The van der Waals surface area contributed by atoms with Gasteiger partial charge in [-0.15, -0.1) is 0 Å². The Labute approximate surface area is 106 Å². The van der Waals surface area contributed by atoms with Gasteiger partial charge in [0, 0.05) is 16.7 Å². The molecule has 2 rings (SSSR count). The number of aryl methyl sites for hydroxylation is 1. The van der Waals surface area contributed by atoms with Crippen LogP contribution in [-0.4, -0.2) is 27.0 Å². The van der Waals surface area contributed by atoms with Crippen LogP contribution in [0.2, 0.25) is 0 Å². The van der Waals surface area contributed by atoms with E-state index in [-0.39, 0.29) is 0 Å². The molecule has 0 radical (unpaired) electrons. The summed E-state index contributed by atoms with van der Waals surface area (Å²) in [6.07, 6.45) is 3.30. The summed E-state index contributed by atoms with van der Waals surface area (Å²) in [5, 5.41) is 12.5. The van der Waals surface area contributed by atoms with E-state index in [1.807, 2.05) is 0 Å². The van der Waals surface area contributed by atoms with Crippen LogP contribution in [0.4, 0.5) is 0 Å². The number of nitrogens with zero attached hydrogens (tertiary/aromatic N) is 4. The Balaban J connectivity index is 2.40. The Morgan fingerprint density at radius 1 is 1.68 bits per heavy atom. The van der Waals surface area contributed by atoms with Crippen LogP contribution >= 0.6 is 0 Å². The van der Waals surface area contributed by atoms with Gasteiger partial charge in [0.2, 0.25) is 0 Å². The second-order valence-corrected chi connectivity index (χ2v) is 4.04. The van der Waals surface area contributed by atoms with E-state index in [2.05, 4.69) is 15.0 Å². The number of hydrogen-bond donors (Lipinski definition) is 2. The molecule has 100 valence electrons. The lowest BCUT2D eigenvalue weighted by atomic mass is 10.2. The molecule has 1 aromatic heterocycles. The van der Waals surface area contributed by atoms with Crippen molar-refractivity contribution < 1.29 is 9.84 Å². The Morgan fingerprint density at radius 2 is 2.42 bits per heavy atom. The van der Waals surface area contributed by atoms with Gasteiger partial charge < -0.3 is 9.84 Å². The predicted molar refractivity (Wildman–Crippen MR) is 64.3 cm³/mol. The van der Waals surface area contributed by atoms with Crippen molar-refractivity contribution in [1.82, 2.24) is 9.55 Å². The molecule has 0 saturated heterocycles. The summed E-state index contributed by atoms with van der Waals surface area (Å²) >= 11 is 0. The quantitative estimate of drug-likeness (QED) is 0.342. The van der Waals surface area contributed by atoms with E-state index in [9.17, 15) is 14.7 Å². The minimum Gasteiger partial charge on any atom is -0.393 e. The zero-order valence-corrected chi connectivity index (χ0v) is 9.98. The largest absolute Gasteiger partial charge is 0.393 e. The number of aliphatic hydroxyl groups is 1. The van der Waals surface area contributed by atoms with Gasteiger partial charge in [-0.3, -0.25) is 14.3 Å². The van der Waals surface area contributed by atoms with E-state index in [1.165, 1.54) is 18.3 Å². The summed E-state index contributed by atoms with van der Waals surface area (Å²) in [5.41, 5.74) is 6.11. The third kappa shape index (κ3) is 2.29. The fourth-order valence-corrected chi connectivity index (χ4v) is 1.70.